The topological polar surface area (TPSA) is 37.3 Å². The lowest BCUT2D eigenvalue weighted by molar-refractivity contribution is 0.104. The molecule has 84 valence electrons. The van der Waals surface area contributed by atoms with Crippen LogP contribution in [0, 0.1) is 0 Å². The molecule has 0 spiro atoms. The van der Waals surface area contributed by atoms with Gasteiger partial charge in [-0.1, -0.05) is 47.5 Å². The van der Waals surface area contributed by atoms with E-state index in [1.54, 1.807) is 12.1 Å². The second kappa shape index (κ2) is 3.49. The Bertz CT molecular complexity index is 663. The van der Waals surface area contributed by atoms with Gasteiger partial charge in [0.15, 0.2) is 5.78 Å². The molecule has 1 aliphatic rings. The minimum atomic E-state index is -0.150. The summed E-state index contributed by atoms with van der Waals surface area (Å²) in [6.45, 7) is 0. The monoisotopic (exact) mass is 264 g/mol. The Morgan fingerprint density at radius 3 is 2.29 bits per heavy atom. The normalized spacial score (nSPS) is 12.5. The molecule has 0 aromatic heterocycles. The lowest BCUT2D eigenvalue weighted by atomic mass is 10.1. The molecule has 0 bridgehead atoms. The lowest BCUT2D eigenvalue weighted by Crippen LogP contribution is -1.96. The molecule has 0 radical (unpaired) electrons. The largest absolute Gasteiger partial charge is 0.506 e. The van der Waals surface area contributed by atoms with E-state index < -0.39 is 0 Å². The molecule has 0 amide bonds. The predicted octanol–water partition coefficient (Wildman–Crippen LogP) is 3.91. The summed E-state index contributed by atoms with van der Waals surface area (Å²) < 4.78 is 0. The fourth-order valence-corrected chi connectivity index (χ4v) is 2.53. The molecule has 2 aromatic rings. The van der Waals surface area contributed by atoms with Crippen LogP contribution < -0.4 is 0 Å². The third-order valence-electron chi connectivity index (χ3n) is 2.88. The summed E-state index contributed by atoms with van der Waals surface area (Å²) in [7, 11) is 0. The van der Waals surface area contributed by atoms with Crippen LogP contribution in [0.15, 0.2) is 30.3 Å². The van der Waals surface area contributed by atoms with Crippen LogP contribution in [0.4, 0.5) is 0 Å². The van der Waals surface area contributed by atoms with Gasteiger partial charge in [0.1, 0.15) is 10.8 Å². The van der Waals surface area contributed by atoms with Crippen molar-refractivity contribution in [1.82, 2.24) is 0 Å². The number of aromatic hydroxyl groups is 1. The summed E-state index contributed by atoms with van der Waals surface area (Å²) >= 11 is 11.9. The third kappa shape index (κ3) is 1.31. The van der Waals surface area contributed by atoms with Crippen LogP contribution in [0.5, 0.6) is 5.75 Å². The molecule has 0 atom stereocenters. The van der Waals surface area contributed by atoms with Gasteiger partial charge < -0.3 is 5.11 Å². The number of carbonyl (C=O) groups excluding carboxylic acids is 1. The lowest BCUT2D eigenvalue weighted by Gasteiger charge is -2.05. The van der Waals surface area contributed by atoms with Gasteiger partial charge in [0.25, 0.3) is 0 Å². The van der Waals surface area contributed by atoms with Crippen molar-refractivity contribution in [3.05, 3.63) is 51.5 Å². The first-order valence-electron chi connectivity index (χ1n) is 4.96. The maximum atomic E-state index is 12.1. The SMILES string of the molecule is O=C1c2ccccc2-c2cc(O)c(Cl)c(Cl)c21. The number of ketones is 1. The van der Waals surface area contributed by atoms with Gasteiger partial charge in [-0.15, -0.1) is 0 Å². The van der Waals surface area contributed by atoms with E-state index in [9.17, 15) is 9.90 Å². The van der Waals surface area contributed by atoms with Gasteiger partial charge in [0, 0.05) is 5.56 Å². The first-order chi connectivity index (χ1) is 8.11. The fourth-order valence-electron chi connectivity index (χ4n) is 2.10. The van der Waals surface area contributed by atoms with Crippen LogP contribution >= 0.6 is 23.2 Å². The van der Waals surface area contributed by atoms with Crippen molar-refractivity contribution in [2.75, 3.05) is 0 Å². The molecule has 2 nitrogen and oxygen atoms in total. The molecule has 17 heavy (non-hydrogen) atoms. The molecular formula is C13H6Cl2O2. The summed E-state index contributed by atoms with van der Waals surface area (Å²) in [5, 5.41) is 9.78. The zero-order chi connectivity index (χ0) is 12.2. The molecule has 0 saturated carbocycles. The number of halogens is 2. The number of carbonyl (C=O) groups is 1. The summed E-state index contributed by atoms with van der Waals surface area (Å²) in [5.74, 6) is -0.262. The van der Waals surface area contributed by atoms with Gasteiger partial charge in [0.2, 0.25) is 0 Å². The number of fused-ring (bicyclic) bond motifs is 3. The molecule has 0 fully saturated rings. The van der Waals surface area contributed by atoms with E-state index in [-0.39, 0.29) is 21.6 Å². The summed E-state index contributed by atoms with van der Waals surface area (Å²) in [6.07, 6.45) is 0. The highest BCUT2D eigenvalue weighted by atomic mass is 35.5. The fraction of sp³-hybridized carbons (Fsp3) is 0. The van der Waals surface area contributed by atoms with Gasteiger partial charge >= 0.3 is 0 Å². The quantitative estimate of drug-likeness (QED) is 0.669. The summed E-state index contributed by atoms with van der Waals surface area (Å²) in [5.41, 5.74) is 2.38. The molecule has 4 heteroatoms. The molecule has 3 rings (SSSR count). The van der Waals surface area contributed by atoms with Crippen LogP contribution in [0.25, 0.3) is 11.1 Å². The van der Waals surface area contributed by atoms with Gasteiger partial charge in [-0.25, -0.2) is 0 Å². The molecular weight excluding hydrogens is 259 g/mol. The van der Waals surface area contributed by atoms with Crippen molar-refractivity contribution in [3.63, 3.8) is 0 Å². The molecule has 0 saturated heterocycles. The van der Waals surface area contributed by atoms with E-state index >= 15 is 0 Å². The van der Waals surface area contributed by atoms with Crippen molar-refractivity contribution in [2.24, 2.45) is 0 Å². The smallest absolute Gasteiger partial charge is 0.195 e. The number of hydrogen-bond acceptors (Lipinski definition) is 2. The van der Waals surface area contributed by atoms with Gasteiger partial charge in [-0.3, -0.25) is 4.79 Å². The highest BCUT2D eigenvalue weighted by molar-refractivity contribution is 6.46. The van der Waals surface area contributed by atoms with E-state index in [1.165, 1.54) is 6.07 Å². The van der Waals surface area contributed by atoms with Crippen molar-refractivity contribution in [1.29, 1.82) is 0 Å². The van der Waals surface area contributed by atoms with Crippen LogP contribution in [0.2, 0.25) is 10.0 Å². The van der Waals surface area contributed by atoms with Crippen molar-refractivity contribution in [3.8, 4) is 16.9 Å². The van der Waals surface area contributed by atoms with E-state index in [2.05, 4.69) is 0 Å². The van der Waals surface area contributed by atoms with E-state index in [1.807, 2.05) is 12.1 Å². The number of phenols is 1. The van der Waals surface area contributed by atoms with Crippen molar-refractivity contribution >= 4 is 29.0 Å². The maximum Gasteiger partial charge on any atom is 0.195 e. The first-order valence-corrected chi connectivity index (χ1v) is 5.72. The number of hydrogen-bond donors (Lipinski definition) is 1. The van der Waals surface area contributed by atoms with E-state index in [0.717, 1.165) is 5.56 Å². The van der Waals surface area contributed by atoms with Crippen molar-refractivity contribution in [2.45, 2.75) is 0 Å². The minimum Gasteiger partial charge on any atom is -0.506 e. The highest BCUT2D eigenvalue weighted by Crippen LogP contribution is 2.46. The zero-order valence-corrected chi connectivity index (χ0v) is 10.0. The Morgan fingerprint density at radius 1 is 0.941 bits per heavy atom. The molecule has 1 aliphatic carbocycles. The number of benzene rings is 2. The summed E-state index contributed by atoms with van der Waals surface area (Å²) in [6, 6.07) is 8.66. The standard InChI is InChI=1S/C13H6Cl2O2/c14-11-9(16)5-8-6-3-1-2-4-7(6)13(17)10(8)12(11)15/h1-5,16H. The molecule has 0 heterocycles. The van der Waals surface area contributed by atoms with Crippen LogP contribution in [0.3, 0.4) is 0 Å². The Balaban J connectivity index is 2.44. The second-order valence-electron chi connectivity index (χ2n) is 3.82. The second-order valence-corrected chi connectivity index (χ2v) is 4.58. The average Bonchev–Trinajstić information content (AvgIpc) is 2.61. The first kappa shape index (κ1) is 10.6. The van der Waals surface area contributed by atoms with E-state index in [0.29, 0.717) is 16.7 Å². The van der Waals surface area contributed by atoms with Gasteiger partial charge in [-0.2, -0.15) is 0 Å². The van der Waals surface area contributed by atoms with Crippen LogP contribution in [-0.2, 0) is 0 Å². The van der Waals surface area contributed by atoms with Crippen LogP contribution in [-0.4, -0.2) is 10.9 Å². The minimum absolute atomic E-state index is 0.0200. The Labute approximate surface area is 107 Å². The van der Waals surface area contributed by atoms with Gasteiger partial charge in [-0.05, 0) is 17.2 Å². The third-order valence-corrected chi connectivity index (χ3v) is 3.73. The molecule has 0 aliphatic heterocycles. The Hall–Kier alpha value is -1.51. The Morgan fingerprint density at radius 2 is 1.59 bits per heavy atom. The van der Waals surface area contributed by atoms with Gasteiger partial charge in [0.05, 0.1) is 10.6 Å². The summed E-state index contributed by atoms with van der Waals surface area (Å²) in [4.78, 5) is 12.1. The molecule has 2 aromatic carbocycles. The van der Waals surface area contributed by atoms with E-state index in [4.69, 9.17) is 23.2 Å². The predicted molar refractivity (Wildman–Crippen MR) is 67.0 cm³/mol. The number of rotatable bonds is 0. The highest BCUT2D eigenvalue weighted by Gasteiger charge is 2.30. The average molecular weight is 265 g/mol. The number of phenolic OH excluding ortho intramolecular Hbond substituents is 1. The zero-order valence-electron chi connectivity index (χ0n) is 8.50. The molecule has 1 N–H and O–H groups in total. The van der Waals surface area contributed by atoms with Crippen LogP contribution in [0.1, 0.15) is 15.9 Å². The van der Waals surface area contributed by atoms with Crippen molar-refractivity contribution < 1.29 is 9.90 Å². The maximum absolute atomic E-state index is 12.1. The molecule has 0 unspecified atom stereocenters. The Kier molecular flexibility index (Phi) is 2.18.